The molecule has 6 rings (SSSR count). The Labute approximate surface area is 224 Å². The molecule has 10 heteroatoms. The number of fused-ring (bicyclic) bond motifs is 1. The summed E-state index contributed by atoms with van der Waals surface area (Å²) < 4.78 is 47.0. The van der Waals surface area contributed by atoms with E-state index in [2.05, 4.69) is 28.1 Å². The molecule has 0 radical (unpaired) electrons. The largest absolute Gasteiger partial charge is 0.418 e. The van der Waals surface area contributed by atoms with Crippen molar-refractivity contribution in [2.75, 3.05) is 13.1 Å². The van der Waals surface area contributed by atoms with Crippen molar-refractivity contribution in [3.05, 3.63) is 93.7 Å². The number of alkyl halides is 3. The zero-order valence-electron chi connectivity index (χ0n) is 22.0. The summed E-state index contributed by atoms with van der Waals surface area (Å²) in [5, 5.41) is 8.34. The summed E-state index contributed by atoms with van der Waals surface area (Å²) in [4.78, 5) is 15.7. The number of aromatic nitrogens is 5. The molecule has 39 heavy (non-hydrogen) atoms. The fourth-order valence-corrected chi connectivity index (χ4v) is 5.79. The Morgan fingerprint density at radius 3 is 2.69 bits per heavy atom. The molecule has 0 amide bonds. The van der Waals surface area contributed by atoms with E-state index in [9.17, 15) is 18.0 Å². The van der Waals surface area contributed by atoms with Gasteiger partial charge in [-0.2, -0.15) is 13.2 Å². The van der Waals surface area contributed by atoms with Crippen LogP contribution in [-0.2, 0) is 19.8 Å². The lowest BCUT2D eigenvalue weighted by Gasteiger charge is -2.31. The third kappa shape index (κ3) is 5.17. The number of halogens is 3. The van der Waals surface area contributed by atoms with Crippen LogP contribution in [0.25, 0.3) is 11.2 Å². The molecule has 0 saturated carbocycles. The standard InChI is InChI=1S/C29H31F3N6O/c1-19-5-4-10-36(14-19)15-21-12-25(29(30,31)32)26-17-37(28(39)38(26)16-21)23-7-3-6-22(13-23)24(11-20-8-9-20)27-34-33-18-35(27)2/h3,6-8,12-13,16-19,24H,4-5,9-11,14-15H2,1-2H3/t19-,24-/m0/s1. The van der Waals surface area contributed by atoms with E-state index in [1.54, 1.807) is 18.6 Å². The maximum absolute atomic E-state index is 14.2. The lowest BCUT2D eigenvalue weighted by molar-refractivity contribution is -0.136. The van der Waals surface area contributed by atoms with Gasteiger partial charge in [0.1, 0.15) is 12.2 Å². The van der Waals surface area contributed by atoms with Crippen LogP contribution in [-0.4, -0.2) is 41.7 Å². The Balaban J connectivity index is 1.42. The topological polar surface area (TPSA) is 60.4 Å². The fourth-order valence-electron chi connectivity index (χ4n) is 5.79. The monoisotopic (exact) mass is 536 g/mol. The van der Waals surface area contributed by atoms with Crippen LogP contribution in [0.15, 0.2) is 65.5 Å². The summed E-state index contributed by atoms with van der Waals surface area (Å²) in [6, 6.07) is 8.61. The molecule has 4 aromatic rings. The molecule has 1 fully saturated rings. The normalized spacial score (nSPS) is 18.9. The van der Waals surface area contributed by atoms with Crippen LogP contribution < -0.4 is 5.69 Å². The summed E-state index contributed by atoms with van der Waals surface area (Å²) in [6.45, 7) is 4.22. The molecule has 3 aromatic heterocycles. The molecule has 1 saturated heterocycles. The minimum absolute atomic E-state index is 0.0804. The summed E-state index contributed by atoms with van der Waals surface area (Å²) in [5.74, 6) is 1.22. The van der Waals surface area contributed by atoms with Crippen LogP contribution in [0.5, 0.6) is 0 Å². The average Bonchev–Trinajstić information content (AvgIpc) is 3.53. The van der Waals surface area contributed by atoms with Crippen molar-refractivity contribution in [2.45, 2.75) is 51.2 Å². The number of hydrogen-bond acceptors (Lipinski definition) is 4. The summed E-state index contributed by atoms with van der Waals surface area (Å²) in [6.07, 6.45) is 5.99. The first kappa shape index (κ1) is 25.6. The summed E-state index contributed by atoms with van der Waals surface area (Å²) in [5.41, 5.74) is 1.77. The van der Waals surface area contributed by atoms with E-state index >= 15 is 0 Å². The van der Waals surface area contributed by atoms with Crippen molar-refractivity contribution in [2.24, 2.45) is 13.0 Å². The van der Waals surface area contributed by atoms with Crippen molar-refractivity contribution in [1.29, 1.82) is 0 Å². The summed E-state index contributed by atoms with van der Waals surface area (Å²) in [7, 11) is 1.89. The molecule has 0 bridgehead atoms. The molecule has 7 nitrogen and oxygen atoms in total. The van der Waals surface area contributed by atoms with Crippen LogP contribution in [0.3, 0.4) is 0 Å². The Morgan fingerprint density at radius 2 is 2.00 bits per heavy atom. The molecule has 1 aromatic carbocycles. The SMILES string of the molecule is C[C@H]1CCCN(Cc2cc(C(F)(F)F)c3cn(-c4cccc([C@H](CC5=CC5)c5nncn5C)c4)c(=O)n3c2)C1. The minimum atomic E-state index is -4.59. The highest BCUT2D eigenvalue weighted by molar-refractivity contribution is 5.58. The second-order valence-corrected chi connectivity index (χ2v) is 11.0. The smallest absolute Gasteiger partial charge is 0.320 e. The van der Waals surface area contributed by atoms with E-state index in [0.29, 0.717) is 23.7 Å². The van der Waals surface area contributed by atoms with Gasteiger partial charge in [0.25, 0.3) is 0 Å². The van der Waals surface area contributed by atoms with Gasteiger partial charge in [-0.3, -0.25) is 13.9 Å². The molecule has 2 atom stereocenters. The van der Waals surface area contributed by atoms with E-state index < -0.39 is 17.4 Å². The number of hydrogen-bond donors (Lipinski definition) is 0. The number of allylic oxidation sites excluding steroid dienone is 2. The first-order valence-corrected chi connectivity index (χ1v) is 13.4. The second kappa shape index (κ2) is 9.82. The number of benzene rings is 1. The lowest BCUT2D eigenvalue weighted by atomic mass is 9.93. The predicted octanol–water partition coefficient (Wildman–Crippen LogP) is 5.32. The van der Waals surface area contributed by atoms with Gasteiger partial charge in [-0.25, -0.2) is 4.79 Å². The second-order valence-electron chi connectivity index (χ2n) is 11.0. The number of likely N-dealkylation sites (tertiary alicyclic amines) is 1. The van der Waals surface area contributed by atoms with Gasteiger partial charge in [-0.15, -0.1) is 10.2 Å². The summed E-state index contributed by atoms with van der Waals surface area (Å²) >= 11 is 0. The number of pyridine rings is 1. The molecule has 1 aliphatic carbocycles. The maximum Gasteiger partial charge on any atom is 0.418 e. The molecular formula is C29H31F3N6O. The van der Waals surface area contributed by atoms with Crippen LogP contribution in [0.4, 0.5) is 13.2 Å². The minimum Gasteiger partial charge on any atom is -0.320 e. The molecule has 0 N–H and O–H groups in total. The van der Waals surface area contributed by atoms with E-state index in [-0.39, 0.29) is 11.4 Å². The Bertz CT molecular complexity index is 1610. The molecule has 0 unspecified atom stereocenters. The Kier molecular flexibility index (Phi) is 6.45. The molecule has 204 valence electrons. The number of rotatable bonds is 7. The number of aryl methyl sites for hydroxylation is 1. The number of piperidine rings is 1. The van der Waals surface area contributed by atoms with E-state index in [0.717, 1.165) is 54.6 Å². The van der Waals surface area contributed by atoms with Crippen LogP contribution in [0.1, 0.15) is 61.0 Å². The zero-order valence-corrected chi connectivity index (χ0v) is 22.0. The molecule has 4 heterocycles. The Morgan fingerprint density at radius 1 is 1.18 bits per heavy atom. The van der Waals surface area contributed by atoms with E-state index in [1.807, 2.05) is 29.8 Å². The van der Waals surface area contributed by atoms with Gasteiger partial charge in [0, 0.05) is 38.4 Å². The fraction of sp³-hybridized carbons (Fsp3) is 0.414. The maximum atomic E-state index is 14.2. The lowest BCUT2D eigenvalue weighted by Crippen LogP contribution is -2.34. The third-order valence-electron chi connectivity index (χ3n) is 7.84. The highest BCUT2D eigenvalue weighted by Crippen LogP contribution is 2.37. The van der Waals surface area contributed by atoms with Crippen molar-refractivity contribution in [1.82, 2.24) is 28.6 Å². The quantitative estimate of drug-likeness (QED) is 0.300. The van der Waals surface area contributed by atoms with Crippen molar-refractivity contribution in [3.63, 3.8) is 0 Å². The zero-order chi connectivity index (χ0) is 27.3. The van der Waals surface area contributed by atoms with Gasteiger partial charge in [-0.1, -0.05) is 30.7 Å². The van der Waals surface area contributed by atoms with Crippen LogP contribution in [0.2, 0.25) is 0 Å². The Hall–Kier alpha value is -3.66. The predicted molar refractivity (Wildman–Crippen MR) is 142 cm³/mol. The van der Waals surface area contributed by atoms with Crippen molar-refractivity contribution < 1.29 is 13.2 Å². The van der Waals surface area contributed by atoms with Gasteiger partial charge in [0.2, 0.25) is 0 Å². The molecule has 0 spiro atoms. The van der Waals surface area contributed by atoms with Crippen molar-refractivity contribution >= 4 is 5.52 Å². The molecule has 1 aliphatic heterocycles. The molecule has 2 aliphatic rings. The highest BCUT2D eigenvalue weighted by atomic mass is 19.4. The van der Waals surface area contributed by atoms with E-state index in [4.69, 9.17) is 0 Å². The third-order valence-corrected chi connectivity index (χ3v) is 7.84. The van der Waals surface area contributed by atoms with Crippen LogP contribution in [0, 0.1) is 5.92 Å². The van der Waals surface area contributed by atoms with Gasteiger partial charge >= 0.3 is 11.9 Å². The van der Waals surface area contributed by atoms with Crippen molar-refractivity contribution in [3.8, 4) is 5.69 Å². The number of imidazole rings is 1. The number of nitrogens with zero attached hydrogens (tertiary/aromatic N) is 6. The molecular weight excluding hydrogens is 505 g/mol. The van der Waals surface area contributed by atoms with Gasteiger partial charge in [-0.05, 0) is 67.5 Å². The van der Waals surface area contributed by atoms with Gasteiger partial charge in [0.15, 0.2) is 0 Å². The van der Waals surface area contributed by atoms with Gasteiger partial charge in [0.05, 0.1) is 16.8 Å². The first-order valence-electron chi connectivity index (χ1n) is 13.4. The average molecular weight is 537 g/mol. The first-order chi connectivity index (χ1) is 18.7. The highest BCUT2D eigenvalue weighted by Gasteiger charge is 2.35. The van der Waals surface area contributed by atoms with Crippen LogP contribution >= 0.6 is 0 Å². The van der Waals surface area contributed by atoms with Gasteiger partial charge < -0.3 is 4.57 Å². The van der Waals surface area contributed by atoms with E-state index in [1.165, 1.54) is 22.4 Å².